The molecule has 0 aliphatic heterocycles. The third kappa shape index (κ3) is 9.68. The fourth-order valence-corrected chi connectivity index (χ4v) is 14.1. The predicted molar refractivity (Wildman–Crippen MR) is 386 cm³/mol. The van der Waals surface area contributed by atoms with E-state index in [0.29, 0.717) is 11.8 Å². The maximum absolute atomic E-state index is 2.53. The quantitative estimate of drug-likeness (QED) is 0.107. The van der Waals surface area contributed by atoms with Crippen LogP contribution < -0.4 is 9.80 Å². The van der Waals surface area contributed by atoms with Gasteiger partial charge in [-0.15, -0.1) is 0 Å². The number of para-hydroxylation sites is 2. The monoisotopic (exact) mass is 1150 g/mol. The molecule has 2 nitrogen and oxygen atoms in total. The van der Waals surface area contributed by atoms with E-state index in [-0.39, 0.29) is 0 Å². The second-order valence-electron chi connectivity index (χ2n) is 24.8. The molecule has 15 rings (SSSR count). The Morgan fingerprint density at radius 2 is 0.500 bits per heavy atom. The minimum Gasteiger partial charge on any atom is -0.310 e. The first-order valence-corrected chi connectivity index (χ1v) is 31.8. The number of benzene rings is 14. The van der Waals surface area contributed by atoms with Crippen LogP contribution >= 0.6 is 0 Å². The van der Waals surface area contributed by atoms with Crippen LogP contribution in [0.4, 0.5) is 34.1 Å². The van der Waals surface area contributed by atoms with Crippen LogP contribution in [0, 0.1) is 13.8 Å². The molecule has 0 saturated heterocycles. The molecule has 0 bridgehead atoms. The Bertz CT molecular complexity index is 4670. The van der Waals surface area contributed by atoms with E-state index in [0.717, 1.165) is 34.1 Å². The van der Waals surface area contributed by atoms with Crippen LogP contribution in [0.3, 0.4) is 0 Å². The first-order valence-electron chi connectivity index (χ1n) is 31.8. The van der Waals surface area contributed by atoms with Gasteiger partial charge < -0.3 is 9.80 Å². The first kappa shape index (κ1) is 55.8. The summed E-state index contributed by atoms with van der Waals surface area (Å²) in [5, 5.41) is 4.81. The van der Waals surface area contributed by atoms with E-state index in [1.165, 1.54) is 133 Å². The lowest BCUT2D eigenvalue weighted by Crippen LogP contribution is -2.14. The lowest BCUT2D eigenvalue weighted by Gasteiger charge is -2.38. The number of hydrogen-bond donors (Lipinski definition) is 0. The van der Waals surface area contributed by atoms with E-state index >= 15 is 0 Å². The van der Waals surface area contributed by atoms with Crippen LogP contribution in [0.1, 0.15) is 61.8 Å². The number of hydrogen-bond acceptors (Lipinski definition) is 2. The fourth-order valence-electron chi connectivity index (χ4n) is 14.1. The number of anilines is 6. The molecular weight excluding hydrogens is 1080 g/mol. The van der Waals surface area contributed by atoms with Crippen LogP contribution in [0.15, 0.2) is 303 Å². The topological polar surface area (TPSA) is 6.48 Å². The smallest absolute Gasteiger partial charge is 0.0540 e. The Balaban J connectivity index is 1.09. The molecule has 1 aliphatic rings. The second kappa shape index (κ2) is 23.4. The molecule has 0 saturated carbocycles. The zero-order valence-corrected chi connectivity index (χ0v) is 51.9. The van der Waals surface area contributed by atoms with Gasteiger partial charge in [-0.3, -0.25) is 0 Å². The largest absolute Gasteiger partial charge is 0.310 e. The van der Waals surface area contributed by atoms with Crippen molar-refractivity contribution in [2.45, 2.75) is 53.4 Å². The van der Waals surface area contributed by atoms with Crippen molar-refractivity contribution in [1.29, 1.82) is 0 Å². The van der Waals surface area contributed by atoms with Gasteiger partial charge in [0.1, 0.15) is 0 Å². The van der Waals surface area contributed by atoms with E-state index in [1.54, 1.807) is 0 Å². The number of rotatable bonds is 14. The Kier molecular flexibility index (Phi) is 14.5. The summed E-state index contributed by atoms with van der Waals surface area (Å²) >= 11 is 0. The zero-order chi connectivity index (χ0) is 61.0. The molecule has 0 amide bonds. The molecule has 1 aliphatic carbocycles. The number of fused-ring (bicyclic) bond motifs is 6. The number of aryl methyl sites for hydroxylation is 2. The third-order valence-corrected chi connectivity index (χ3v) is 18.6. The molecular formula is C88H70N2. The second-order valence-corrected chi connectivity index (χ2v) is 24.8. The van der Waals surface area contributed by atoms with Gasteiger partial charge in [0, 0.05) is 33.9 Å². The van der Waals surface area contributed by atoms with Gasteiger partial charge in [0.2, 0.25) is 0 Å². The lowest BCUT2D eigenvalue weighted by atomic mass is 9.65. The van der Waals surface area contributed by atoms with E-state index in [1.807, 2.05) is 0 Å². The van der Waals surface area contributed by atoms with Gasteiger partial charge >= 0.3 is 0 Å². The Labute approximate surface area is 530 Å². The van der Waals surface area contributed by atoms with Gasteiger partial charge in [0.25, 0.3) is 0 Å². The zero-order valence-electron chi connectivity index (χ0n) is 51.9. The maximum Gasteiger partial charge on any atom is 0.0540 e. The molecule has 14 aromatic rings. The molecule has 0 unspecified atom stereocenters. The van der Waals surface area contributed by atoms with Gasteiger partial charge in [0.15, 0.2) is 0 Å². The Hall–Kier alpha value is -10.8. The van der Waals surface area contributed by atoms with Gasteiger partial charge in [-0.1, -0.05) is 282 Å². The molecule has 0 fully saturated rings. The molecule has 0 heterocycles. The maximum atomic E-state index is 2.53. The molecule has 14 aromatic carbocycles. The summed E-state index contributed by atoms with van der Waals surface area (Å²) in [6.45, 7) is 13.7. The highest BCUT2D eigenvalue weighted by Gasteiger charge is 2.39. The van der Waals surface area contributed by atoms with Crippen LogP contribution in [0.2, 0.25) is 0 Å². The lowest BCUT2D eigenvalue weighted by molar-refractivity contribution is 0.865. The van der Waals surface area contributed by atoms with E-state index in [2.05, 4.69) is 355 Å². The van der Waals surface area contributed by atoms with Crippen molar-refractivity contribution in [3.8, 4) is 89.0 Å². The standard InChI is InChI=1S/C88H70N2/c1-57(2)67-47-45-59(5)79(53-67)89(77-43-27-25-41-71(77)61-29-13-7-14-30-61)69-49-51-73-75(55-69)83(65-37-21-11-22-38-65)87-85(81(73)63-33-17-9-18-34-63)86-82(64-35-19-10-20-36-64)74-52-50-70(56-76(74)84(88(86)87)66-39-23-12-24-40-66)90(80-54-68(58(3)4)48-46-60(80)6)78-44-28-26-42-72(78)62-31-15-8-16-32-62/h7-58H,1-6H3. The van der Waals surface area contributed by atoms with Crippen LogP contribution in [-0.4, -0.2) is 0 Å². The Morgan fingerprint density at radius 1 is 0.222 bits per heavy atom. The molecule has 2 heteroatoms. The summed E-state index contributed by atoms with van der Waals surface area (Å²) in [5.74, 6) is 0.675. The molecule has 0 aromatic heterocycles. The minimum absolute atomic E-state index is 0.337. The number of nitrogens with zero attached hydrogens (tertiary/aromatic N) is 2. The van der Waals surface area contributed by atoms with Crippen molar-refractivity contribution >= 4 is 55.7 Å². The molecule has 0 radical (unpaired) electrons. The van der Waals surface area contributed by atoms with Crippen molar-refractivity contribution < 1.29 is 0 Å². The summed E-state index contributed by atoms with van der Waals surface area (Å²) in [6, 6.07) is 113. The molecule has 432 valence electrons. The van der Waals surface area contributed by atoms with Gasteiger partial charge in [-0.2, -0.15) is 0 Å². The van der Waals surface area contributed by atoms with Crippen LogP contribution in [0.5, 0.6) is 0 Å². The highest BCUT2D eigenvalue weighted by Crippen LogP contribution is 2.66. The normalized spacial score (nSPS) is 11.6. The van der Waals surface area contributed by atoms with Gasteiger partial charge in [0.05, 0.1) is 11.4 Å². The fraction of sp³-hybridized carbons (Fsp3) is 0.0909. The first-order chi connectivity index (χ1) is 44.2. The van der Waals surface area contributed by atoms with Crippen molar-refractivity contribution in [3.05, 3.63) is 326 Å². The van der Waals surface area contributed by atoms with Gasteiger partial charge in [-0.05, 0) is 196 Å². The summed E-state index contributed by atoms with van der Waals surface area (Å²) in [6.07, 6.45) is 0. The highest BCUT2D eigenvalue weighted by molar-refractivity contribution is 6.33. The molecule has 0 atom stereocenters. The summed E-state index contributed by atoms with van der Waals surface area (Å²) in [5.41, 5.74) is 31.2. The molecule has 0 spiro atoms. The minimum atomic E-state index is 0.337. The van der Waals surface area contributed by atoms with E-state index in [9.17, 15) is 0 Å². The predicted octanol–water partition coefficient (Wildman–Crippen LogP) is 25.4. The Morgan fingerprint density at radius 3 is 0.811 bits per heavy atom. The average Bonchev–Trinajstić information content (AvgIpc) is 0.671. The van der Waals surface area contributed by atoms with E-state index in [4.69, 9.17) is 0 Å². The average molecular weight is 1160 g/mol. The highest BCUT2D eigenvalue weighted by atomic mass is 15.2. The summed E-state index contributed by atoms with van der Waals surface area (Å²) in [4.78, 5) is 5.07. The van der Waals surface area contributed by atoms with Crippen LogP contribution in [0.25, 0.3) is 111 Å². The van der Waals surface area contributed by atoms with Crippen molar-refractivity contribution in [1.82, 2.24) is 0 Å². The van der Waals surface area contributed by atoms with Crippen LogP contribution in [-0.2, 0) is 0 Å². The van der Waals surface area contributed by atoms with Crippen molar-refractivity contribution in [2.24, 2.45) is 0 Å². The van der Waals surface area contributed by atoms with Crippen molar-refractivity contribution in [2.75, 3.05) is 9.80 Å². The van der Waals surface area contributed by atoms with Gasteiger partial charge in [-0.25, -0.2) is 0 Å². The summed E-state index contributed by atoms with van der Waals surface area (Å²) < 4.78 is 0. The van der Waals surface area contributed by atoms with E-state index < -0.39 is 0 Å². The SMILES string of the molecule is Cc1ccc(C(C)C)cc1N(c1ccc2c(-c3ccccc3)c3c(c(-c4ccccc4)c2c1)-c1c-3c(-c2ccccc2)c2ccc(N(c3cc(C(C)C)ccc3C)c3ccccc3-c3ccccc3)cc2c1-c1ccccc1)c1ccccc1-c1ccccc1. The van der Waals surface area contributed by atoms with Crippen molar-refractivity contribution in [3.63, 3.8) is 0 Å². The molecule has 0 N–H and O–H groups in total. The third-order valence-electron chi connectivity index (χ3n) is 18.6. The summed E-state index contributed by atoms with van der Waals surface area (Å²) in [7, 11) is 0. The molecule has 90 heavy (non-hydrogen) atoms.